The molecular formula is C14H21ClN2. The van der Waals surface area contributed by atoms with E-state index in [1.54, 1.807) is 6.20 Å². The van der Waals surface area contributed by atoms with E-state index in [4.69, 9.17) is 11.6 Å². The fraction of sp³-hybridized carbons (Fsp3) is 0.643. The number of rotatable bonds is 4. The molecule has 94 valence electrons. The Morgan fingerprint density at radius 1 is 1.35 bits per heavy atom. The Hall–Kier alpha value is -0.760. The van der Waals surface area contributed by atoms with Gasteiger partial charge in [-0.05, 0) is 43.7 Å². The van der Waals surface area contributed by atoms with Gasteiger partial charge in [-0.1, -0.05) is 31.4 Å². The molecule has 1 aliphatic rings. The van der Waals surface area contributed by atoms with Crippen LogP contribution < -0.4 is 5.32 Å². The molecule has 1 aromatic heterocycles. The van der Waals surface area contributed by atoms with Crippen LogP contribution in [0.5, 0.6) is 0 Å². The zero-order chi connectivity index (χ0) is 12.1. The first-order chi connectivity index (χ1) is 8.29. The molecule has 1 heterocycles. The van der Waals surface area contributed by atoms with Gasteiger partial charge in [0.05, 0.1) is 5.02 Å². The SMILES string of the molecule is CCCC1CCC(Nc2ncccc2Cl)CC1. The van der Waals surface area contributed by atoms with E-state index in [-0.39, 0.29) is 0 Å². The minimum absolute atomic E-state index is 0.551. The highest BCUT2D eigenvalue weighted by Crippen LogP contribution is 2.30. The largest absolute Gasteiger partial charge is 0.366 e. The molecule has 0 saturated heterocycles. The summed E-state index contributed by atoms with van der Waals surface area (Å²) in [6.07, 6.45) is 9.67. The number of pyridine rings is 1. The molecule has 0 unspecified atom stereocenters. The van der Waals surface area contributed by atoms with E-state index < -0.39 is 0 Å². The van der Waals surface area contributed by atoms with Crippen LogP contribution >= 0.6 is 11.6 Å². The summed E-state index contributed by atoms with van der Waals surface area (Å²) in [5.41, 5.74) is 0. The summed E-state index contributed by atoms with van der Waals surface area (Å²) >= 11 is 6.10. The molecule has 0 spiro atoms. The van der Waals surface area contributed by atoms with Crippen molar-refractivity contribution in [1.29, 1.82) is 0 Å². The second-order valence-electron chi connectivity index (χ2n) is 4.98. The van der Waals surface area contributed by atoms with Gasteiger partial charge in [-0.15, -0.1) is 0 Å². The summed E-state index contributed by atoms with van der Waals surface area (Å²) in [6.45, 7) is 2.28. The van der Waals surface area contributed by atoms with Crippen molar-refractivity contribution in [2.24, 2.45) is 5.92 Å². The van der Waals surface area contributed by atoms with Crippen LogP contribution in [0.25, 0.3) is 0 Å². The van der Waals surface area contributed by atoms with E-state index in [0.717, 1.165) is 16.8 Å². The van der Waals surface area contributed by atoms with Crippen LogP contribution in [0.2, 0.25) is 5.02 Å². The number of hydrogen-bond acceptors (Lipinski definition) is 2. The van der Waals surface area contributed by atoms with Crippen molar-refractivity contribution >= 4 is 17.4 Å². The zero-order valence-corrected chi connectivity index (χ0v) is 11.2. The fourth-order valence-corrected chi connectivity index (χ4v) is 2.87. The molecule has 0 aliphatic heterocycles. The van der Waals surface area contributed by atoms with Crippen molar-refractivity contribution in [3.8, 4) is 0 Å². The van der Waals surface area contributed by atoms with Gasteiger partial charge in [0.25, 0.3) is 0 Å². The molecular weight excluding hydrogens is 232 g/mol. The van der Waals surface area contributed by atoms with E-state index in [1.165, 1.54) is 38.5 Å². The lowest BCUT2D eigenvalue weighted by Gasteiger charge is -2.29. The van der Waals surface area contributed by atoms with Gasteiger partial charge in [0.1, 0.15) is 5.82 Å². The smallest absolute Gasteiger partial charge is 0.144 e. The molecule has 2 nitrogen and oxygen atoms in total. The van der Waals surface area contributed by atoms with Crippen LogP contribution in [-0.2, 0) is 0 Å². The molecule has 0 atom stereocenters. The average molecular weight is 253 g/mol. The Labute approximate surface area is 109 Å². The summed E-state index contributed by atoms with van der Waals surface area (Å²) in [6, 6.07) is 4.31. The third-order valence-electron chi connectivity index (χ3n) is 3.64. The quantitative estimate of drug-likeness (QED) is 0.853. The first-order valence-electron chi connectivity index (χ1n) is 6.66. The molecule has 0 aromatic carbocycles. The predicted molar refractivity (Wildman–Crippen MR) is 73.5 cm³/mol. The molecule has 1 aromatic rings. The van der Waals surface area contributed by atoms with Gasteiger partial charge in [-0.25, -0.2) is 4.98 Å². The highest BCUT2D eigenvalue weighted by atomic mass is 35.5. The van der Waals surface area contributed by atoms with Crippen LogP contribution in [0.3, 0.4) is 0 Å². The molecule has 1 fully saturated rings. The van der Waals surface area contributed by atoms with E-state index >= 15 is 0 Å². The Morgan fingerprint density at radius 2 is 2.12 bits per heavy atom. The second-order valence-corrected chi connectivity index (χ2v) is 5.39. The molecule has 0 bridgehead atoms. The second kappa shape index (κ2) is 6.25. The molecule has 1 saturated carbocycles. The molecule has 17 heavy (non-hydrogen) atoms. The summed E-state index contributed by atoms with van der Waals surface area (Å²) in [5.74, 6) is 1.78. The van der Waals surface area contributed by atoms with Crippen LogP contribution in [0, 0.1) is 5.92 Å². The van der Waals surface area contributed by atoms with Crippen molar-refractivity contribution in [3.63, 3.8) is 0 Å². The van der Waals surface area contributed by atoms with Gasteiger partial charge in [-0.2, -0.15) is 0 Å². The maximum atomic E-state index is 6.10. The molecule has 0 amide bonds. The predicted octanol–water partition coefficient (Wildman–Crippen LogP) is 4.51. The summed E-state index contributed by atoms with van der Waals surface area (Å²) in [5, 5.41) is 4.19. The van der Waals surface area contributed by atoms with Crippen molar-refractivity contribution in [1.82, 2.24) is 4.98 Å². The summed E-state index contributed by atoms with van der Waals surface area (Å²) in [4.78, 5) is 4.28. The monoisotopic (exact) mass is 252 g/mol. The standard InChI is InChI=1S/C14H21ClN2/c1-2-4-11-6-8-12(9-7-11)17-14-13(15)5-3-10-16-14/h3,5,10-12H,2,4,6-9H2,1H3,(H,16,17). The van der Waals surface area contributed by atoms with Crippen molar-refractivity contribution in [2.45, 2.75) is 51.5 Å². The molecule has 2 rings (SSSR count). The van der Waals surface area contributed by atoms with Gasteiger partial charge >= 0.3 is 0 Å². The number of halogens is 1. The molecule has 3 heteroatoms. The van der Waals surface area contributed by atoms with E-state index in [1.807, 2.05) is 12.1 Å². The fourth-order valence-electron chi connectivity index (χ4n) is 2.69. The average Bonchev–Trinajstić information content (AvgIpc) is 2.35. The Morgan fingerprint density at radius 3 is 2.76 bits per heavy atom. The van der Waals surface area contributed by atoms with Crippen LogP contribution in [0.15, 0.2) is 18.3 Å². The topological polar surface area (TPSA) is 24.9 Å². The van der Waals surface area contributed by atoms with Gasteiger partial charge in [0.15, 0.2) is 0 Å². The van der Waals surface area contributed by atoms with Gasteiger partial charge in [-0.3, -0.25) is 0 Å². The van der Waals surface area contributed by atoms with Gasteiger partial charge in [0, 0.05) is 12.2 Å². The first-order valence-corrected chi connectivity index (χ1v) is 7.04. The summed E-state index contributed by atoms with van der Waals surface area (Å²) in [7, 11) is 0. The highest BCUT2D eigenvalue weighted by Gasteiger charge is 2.20. The maximum absolute atomic E-state index is 6.10. The third kappa shape index (κ3) is 3.60. The number of nitrogens with zero attached hydrogens (tertiary/aromatic N) is 1. The molecule has 1 N–H and O–H groups in total. The number of hydrogen-bond donors (Lipinski definition) is 1. The van der Waals surface area contributed by atoms with E-state index in [2.05, 4.69) is 17.2 Å². The summed E-state index contributed by atoms with van der Waals surface area (Å²) < 4.78 is 0. The third-order valence-corrected chi connectivity index (χ3v) is 3.95. The van der Waals surface area contributed by atoms with Crippen molar-refractivity contribution in [3.05, 3.63) is 23.4 Å². The van der Waals surface area contributed by atoms with Crippen LogP contribution in [-0.4, -0.2) is 11.0 Å². The zero-order valence-electron chi connectivity index (χ0n) is 10.5. The lowest BCUT2D eigenvalue weighted by Crippen LogP contribution is -2.26. The van der Waals surface area contributed by atoms with Gasteiger partial charge < -0.3 is 5.32 Å². The number of nitrogens with one attached hydrogen (secondary N) is 1. The maximum Gasteiger partial charge on any atom is 0.144 e. The Kier molecular flexibility index (Phi) is 4.66. The lowest BCUT2D eigenvalue weighted by molar-refractivity contribution is 0.318. The van der Waals surface area contributed by atoms with Crippen LogP contribution in [0.4, 0.5) is 5.82 Å². The highest BCUT2D eigenvalue weighted by molar-refractivity contribution is 6.32. The van der Waals surface area contributed by atoms with Gasteiger partial charge in [0.2, 0.25) is 0 Å². The van der Waals surface area contributed by atoms with Crippen molar-refractivity contribution in [2.75, 3.05) is 5.32 Å². The van der Waals surface area contributed by atoms with E-state index in [9.17, 15) is 0 Å². The van der Waals surface area contributed by atoms with Crippen LogP contribution in [0.1, 0.15) is 45.4 Å². The number of aromatic nitrogens is 1. The Bertz CT molecular complexity index is 346. The van der Waals surface area contributed by atoms with E-state index in [0.29, 0.717) is 6.04 Å². The lowest BCUT2D eigenvalue weighted by atomic mass is 9.83. The normalized spacial score (nSPS) is 24.6. The number of anilines is 1. The first kappa shape index (κ1) is 12.7. The minimum atomic E-state index is 0.551. The Balaban J connectivity index is 1.84. The minimum Gasteiger partial charge on any atom is -0.366 e. The van der Waals surface area contributed by atoms with Crippen molar-refractivity contribution < 1.29 is 0 Å². The molecule has 0 radical (unpaired) electrons. The molecule has 1 aliphatic carbocycles.